The van der Waals surface area contributed by atoms with Gasteiger partial charge < -0.3 is 9.47 Å². The fraction of sp³-hybridized carbons (Fsp3) is 0.174. The van der Waals surface area contributed by atoms with Crippen LogP contribution >= 0.6 is 28.1 Å². The summed E-state index contributed by atoms with van der Waals surface area (Å²) in [5, 5.41) is 4.31. The number of hydrazine groups is 1. The molecule has 7 nitrogen and oxygen atoms in total. The van der Waals surface area contributed by atoms with Crippen LogP contribution in [0.3, 0.4) is 0 Å². The van der Waals surface area contributed by atoms with Crippen LogP contribution in [0.5, 0.6) is 11.5 Å². The quantitative estimate of drug-likeness (QED) is 0.328. The first-order chi connectivity index (χ1) is 15.5. The van der Waals surface area contributed by atoms with Crippen LogP contribution in [0.4, 0.5) is 0 Å². The maximum absolute atomic E-state index is 12.1. The smallest absolute Gasteiger partial charge is 0.276 e. The summed E-state index contributed by atoms with van der Waals surface area (Å²) in [6, 6.07) is 19.0. The summed E-state index contributed by atoms with van der Waals surface area (Å²) in [5.41, 5.74) is 5.99. The van der Waals surface area contributed by atoms with E-state index in [1.165, 1.54) is 0 Å². The molecule has 3 aromatic carbocycles. The Morgan fingerprint density at radius 1 is 0.906 bits per heavy atom. The molecule has 0 heterocycles. The third kappa shape index (κ3) is 6.66. The Hall–Kier alpha value is -3.17. The maximum atomic E-state index is 12.1. The zero-order chi connectivity index (χ0) is 22.9. The van der Waals surface area contributed by atoms with Gasteiger partial charge in [0.05, 0.1) is 4.47 Å². The number of carbonyl (C=O) groups excluding carboxylic acids is 2. The second-order valence-electron chi connectivity index (χ2n) is 6.72. The molecule has 0 unspecified atom stereocenters. The van der Waals surface area contributed by atoms with Crippen molar-refractivity contribution in [2.45, 2.75) is 13.3 Å². The van der Waals surface area contributed by atoms with Gasteiger partial charge in [0.15, 0.2) is 18.3 Å². The van der Waals surface area contributed by atoms with E-state index in [0.29, 0.717) is 11.5 Å². The minimum absolute atomic E-state index is 0.0571. The molecule has 0 aromatic heterocycles. The van der Waals surface area contributed by atoms with Gasteiger partial charge in [-0.2, -0.15) is 0 Å². The van der Waals surface area contributed by atoms with Crippen LogP contribution in [-0.4, -0.2) is 30.1 Å². The topological polar surface area (TPSA) is 88.7 Å². The molecule has 0 aliphatic carbocycles. The molecule has 0 fully saturated rings. The summed E-state index contributed by atoms with van der Waals surface area (Å²) in [6.07, 6.45) is 0.902. The monoisotopic (exact) mass is 515 g/mol. The van der Waals surface area contributed by atoms with Crippen LogP contribution in [0.25, 0.3) is 10.8 Å². The summed E-state index contributed by atoms with van der Waals surface area (Å²) >= 11 is 8.44. The number of aryl methyl sites for hydroxylation is 1. The summed E-state index contributed by atoms with van der Waals surface area (Å²) in [4.78, 5) is 24.1. The molecule has 0 aliphatic heterocycles. The van der Waals surface area contributed by atoms with Gasteiger partial charge in [-0.3, -0.25) is 25.8 Å². The van der Waals surface area contributed by atoms with Crippen molar-refractivity contribution in [3.63, 3.8) is 0 Å². The zero-order valence-electron chi connectivity index (χ0n) is 17.3. The molecular formula is C23H22BrN3O4S. The van der Waals surface area contributed by atoms with E-state index in [9.17, 15) is 9.59 Å². The SMILES string of the molecule is CCc1ccc(OCC(=O)NNC(=S)NC(=O)COc2cccc3ccccc23)c(Br)c1. The van der Waals surface area contributed by atoms with Gasteiger partial charge in [0, 0.05) is 5.39 Å². The highest BCUT2D eigenvalue weighted by atomic mass is 79.9. The van der Waals surface area contributed by atoms with Crippen molar-refractivity contribution in [1.29, 1.82) is 0 Å². The lowest BCUT2D eigenvalue weighted by Crippen LogP contribution is -2.50. The normalized spacial score (nSPS) is 10.3. The number of thiocarbonyl (C=S) groups is 1. The minimum atomic E-state index is -0.458. The number of nitrogens with one attached hydrogen (secondary N) is 3. The molecule has 3 rings (SSSR count). The van der Waals surface area contributed by atoms with Gasteiger partial charge in [-0.15, -0.1) is 0 Å². The second-order valence-corrected chi connectivity index (χ2v) is 7.99. The average molecular weight is 516 g/mol. The van der Waals surface area contributed by atoms with Gasteiger partial charge in [0.1, 0.15) is 11.5 Å². The Labute approximate surface area is 199 Å². The number of carbonyl (C=O) groups is 2. The van der Waals surface area contributed by atoms with Crippen LogP contribution in [0.1, 0.15) is 12.5 Å². The fourth-order valence-electron chi connectivity index (χ4n) is 2.85. The number of rotatable bonds is 7. The molecule has 0 radical (unpaired) electrons. The minimum Gasteiger partial charge on any atom is -0.483 e. The highest BCUT2D eigenvalue weighted by Crippen LogP contribution is 2.26. The molecular weight excluding hydrogens is 494 g/mol. The van der Waals surface area contributed by atoms with Crippen LogP contribution in [0.2, 0.25) is 0 Å². The predicted octanol–water partition coefficient (Wildman–Crippen LogP) is 3.64. The number of halogens is 1. The molecule has 3 aromatic rings. The van der Waals surface area contributed by atoms with E-state index in [1.54, 1.807) is 12.1 Å². The molecule has 0 bridgehead atoms. The number of ether oxygens (including phenoxy) is 2. The molecule has 0 aliphatic rings. The zero-order valence-corrected chi connectivity index (χ0v) is 19.7. The predicted molar refractivity (Wildman–Crippen MR) is 130 cm³/mol. The van der Waals surface area contributed by atoms with E-state index < -0.39 is 11.8 Å². The lowest BCUT2D eigenvalue weighted by Gasteiger charge is -2.13. The van der Waals surface area contributed by atoms with E-state index in [0.717, 1.165) is 27.2 Å². The molecule has 166 valence electrons. The summed E-state index contributed by atoms with van der Waals surface area (Å²) < 4.78 is 11.9. The van der Waals surface area contributed by atoms with Gasteiger partial charge in [-0.1, -0.05) is 49.4 Å². The number of hydrogen-bond donors (Lipinski definition) is 3. The van der Waals surface area contributed by atoms with Crippen molar-refractivity contribution in [3.8, 4) is 11.5 Å². The van der Waals surface area contributed by atoms with Crippen LogP contribution in [0.15, 0.2) is 65.1 Å². The van der Waals surface area contributed by atoms with Crippen LogP contribution in [0, 0.1) is 0 Å². The van der Waals surface area contributed by atoms with Crippen LogP contribution < -0.4 is 25.6 Å². The standard InChI is InChI=1S/C23H22BrN3O4S/c1-2-15-10-11-20(18(24)12-15)31-14-22(29)26-27-23(32)25-21(28)13-30-19-9-5-7-16-6-3-4-8-17(16)19/h3-12H,2,13-14H2,1H3,(H,26,29)(H2,25,27,28,32). The molecule has 3 N–H and O–H groups in total. The van der Waals surface area contributed by atoms with Crippen LogP contribution in [-0.2, 0) is 16.0 Å². The number of hydrogen-bond acceptors (Lipinski definition) is 5. The fourth-order valence-corrected chi connectivity index (χ4v) is 3.55. The molecule has 9 heteroatoms. The lowest BCUT2D eigenvalue weighted by molar-refractivity contribution is -0.124. The summed E-state index contributed by atoms with van der Waals surface area (Å²) in [7, 11) is 0. The number of fused-ring (bicyclic) bond motifs is 1. The second kappa shape index (κ2) is 11.4. The Kier molecular flexibility index (Phi) is 8.41. The molecule has 0 atom stereocenters. The van der Waals surface area contributed by atoms with Gasteiger partial charge in [-0.25, -0.2) is 0 Å². The molecule has 2 amide bonds. The largest absolute Gasteiger partial charge is 0.483 e. The maximum Gasteiger partial charge on any atom is 0.276 e. The molecule has 32 heavy (non-hydrogen) atoms. The van der Waals surface area contributed by atoms with Crippen molar-refractivity contribution in [2.75, 3.05) is 13.2 Å². The Morgan fingerprint density at radius 2 is 1.62 bits per heavy atom. The van der Waals surface area contributed by atoms with Gasteiger partial charge in [0.25, 0.3) is 11.8 Å². The molecule has 0 spiro atoms. The van der Waals surface area contributed by atoms with Gasteiger partial charge in [-0.05, 0) is 63.7 Å². The first-order valence-electron chi connectivity index (χ1n) is 9.86. The van der Waals surface area contributed by atoms with Crippen molar-refractivity contribution in [3.05, 3.63) is 70.7 Å². The highest BCUT2D eigenvalue weighted by molar-refractivity contribution is 9.10. The van der Waals surface area contributed by atoms with E-state index in [1.807, 2.05) is 48.5 Å². The number of benzene rings is 3. The van der Waals surface area contributed by atoms with E-state index in [4.69, 9.17) is 21.7 Å². The van der Waals surface area contributed by atoms with E-state index >= 15 is 0 Å². The first kappa shape index (κ1) is 23.5. The third-order valence-corrected chi connectivity index (χ3v) is 5.26. The average Bonchev–Trinajstić information content (AvgIpc) is 2.80. The van der Waals surface area contributed by atoms with Crippen molar-refractivity contribution in [2.24, 2.45) is 0 Å². The van der Waals surface area contributed by atoms with E-state index in [-0.39, 0.29) is 18.3 Å². The lowest BCUT2D eigenvalue weighted by atomic mass is 10.1. The first-order valence-corrected chi connectivity index (χ1v) is 11.1. The molecule has 0 saturated heterocycles. The van der Waals surface area contributed by atoms with Gasteiger partial charge >= 0.3 is 0 Å². The summed E-state index contributed by atoms with van der Waals surface area (Å²) in [5.74, 6) is 0.237. The van der Waals surface area contributed by atoms with Crippen molar-refractivity contribution >= 4 is 55.8 Å². The van der Waals surface area contributed by atoms with Gasteiger partial charge in [0.2, 0.25) is 0 Å². The Balaban J connectivity index is 1.39. The van der Waals surface area contributed by atoms with E-state index in [2.05, 4.69) is 39.0 Å². The summed E-state index contributed by atoms with van der Waals surface area (Å²) in [6.45, 7) is 1.60. The Bertz CT molecular complexity index is 1130. The Morgan fingerprint density at radius 3 is 2.41 bits per heavy atom. The van der Waals surface area contributed by atoms with Crippen molar-refractivity contribution in [1.82, 2.24) is 16.2 Å². The highest BCUT2D eigenvalue weighted by Gasteiger charge is 2.10. The molecule has 0 saturated carbocycles. The third-order valence-electron chi connectivity index (χ3n) is 4.44. The van der Waals surface area contributed by atoms with Crippen molar-refractivity contribution < 1.29 is 19.1 Å². The number of amides is 2.